The van der Waals surface area contributed by atoms with Crippen molar-refractivity contribution in [1.29, 1.82) is 0 Å². The molecule has 118 valence electrons. The Balaban J connectivity index is 1.65. The fraction of sp³-hybridized carbons (Fsp3) is 0.250. The number of benzene rings is 1. The van der Waals surface area contributed by atoms with Gasteiger partial charge in [-0.15, -0.1) is 5.10 Å². The third-order valence-corrected chi connectivity index (χ3v) is 3.57. The molecule has 1 unspecified atom stereocenters. The van der Waals surface area contributed by atoms with E-state index in [-0.39, 0.29) is 5.91 Å². The molecule has 23 heavy (non-hydrogen) atoms. The first-order chi connectivity index (χ1) is 11.1. The van der Waals surface area contributed by atoms with Gasteiger partial charge in [-0.2, -0.15) is 5.10 Å². The number of carbonyl (C=O) groups excluding carboxylic acids is 1. The molecule has 2 heterocycles. The maximum atomic E-state index is 12.3. The first-order valence-electron chi connectivity index (χ1n) is 7.38. The van der Waals surface area contributed by atoms with Crippen LogP contribution in [0.5, 0.6) is 0 Å². The van der Waals surface area contributed by atoms with Crippen LogP contribution in [0.2, 0.25) is 0 Å². The topological polar surface area (TPSA) is 77.6 Å². The summed E-state index contributed by atoms with van der Waals surface area (Å²) in [5.74, 6) is 0.0943. The smallest absolute Gasteiger partial charge is 0.251 e. The minimum atomic E-state index is -0.425. The molecule has 1 amide bonds. The summed E-state index contributed by atoms with van der Waals surface area (Å²) in [6.45, 7) is 4.30. The molecule has 1 aromatic carbocycles. The molecular weight excluding hydrogens is 292 g/mol. The number of nitrogens with one attached hydrogen (secondary N) is 1. The second-order valence-corrected chi connectivity index (χ2v) is 5.33. The number of hydrogen-bond acceptors (Lipinski definition) is 4. The van der Waals surface area contributed by atoms with E-state index in [1.54, 1.807) is 28.8 Å². The Morgan fingerprint density at radius 1 is 1.26 bits per heavy atom. The van der Waals surface area contributed by atoms with Gasteiger partial charge in [-0.05, 0) is 25.5 Å². The molecule has 0 aliphatic carbocycles. The molecular formula is C16H18N6O. The van der Waals surface area contributed by atoms with Crippen LogP contribution in [0.4, 0.5) is 5.95 Å². The SMILES string of the molecule is Cc1ccnn1C(C)C(=O)Nc1ncn(Cc2ccccc2)n1. The van der Waals surface area contributed by atoms with Gasteiger partial charge in [0.05, 0.1) is 6.54 Å². The maximum Gasteiger partial charge on any atom is 0.251 e. The predicted molar refractivity (Wildman–Crippen MR) is 85.9 cm³/mol. The molecule has 0 spiro atoms. The molecule has 3 aromatic rings. The Labute approximate surface area is 134 Å². The lowest BCUT2D eigenvalue weighted by atomic mass is 10.2. The first kappa shape index (κ1) is 15.0. The van der Waals surface area contributed by atoms with Crippen LogP contribution in [0.1, 0.15) is 24.2 Å². The number of anilines is 1. The molecule has 2 aromatic heterocycles. The Morgan fingerprint density at radius 3 is 2.74 bits per heavy atom. The number of rotatable bonds is 5. The van der Waals surface area contributed by atoms with Crippen LogP contribution >= 0.6 is 0 Å². The van der Waals surface area contributed by atoms with E-state index in [2.05, 4.69) is 20.5 Å². The van der Waals surface area contributed by atoms with Gasteiger partial charge in [0.15, 0.2) is 0 Å². The van der Waals surface area contributed by atoms with Crippen LogP contribution in [0.15, 0.2) is 48.9 Å². The van der Waals surface area contributed by atoms with E-state index in [0.717, 1.165) is 11.3 Å². The molecule has 0 fully saturated rings. The molecule has 0 aliphatic rings. The third kappa shape index (κ3) is 3.45. The Morgan fingerprint density at radius 2 is 2.04 bits per heavy atom. The second-order valence-electron chi connectivity index (χ2n) is 5.33. The van der Waals surface area contributed by atoms with E-state index in [1.807, 2.05) is 43.3 Å². The number of nitrogens with zero attached hydrogens (tertiary/aromatic N) is 5. The zero-order chi connectivity index (χ0) is 16.2. The van der Waals surface area contributed by atoms with Crippen molar-refractivity contribution in [3.8, 4) is 0 Å². The zero-order valence-corrected chi connectivity index (χ0v) is 13.0. The summed E-state index contributed by atoms with van der Waals surface area (Å²) in [7, 11) is 0. The van der Waals surface area contributed by atoms with Gasteiger partial charge >= 0.3 is 0 Å². The van der Waals surface area contributed by atoms with E-state index in [0.29, 0.717) is 12.5 Å². The van der Waals surface area contributed by atoms with Crippen LogP contribution in [0, 0.1) is 6.92 Å². The summed E-state index contributed by atoms with van der Waals surface area (Å²) in [4.78, 5) is 16.4. The van der Waals surface area contributed by atoms with Gasteiger partial charge in [-0.25, -0.2) is 9.67 Å². The monoisotopic (exact) mass is 310 g/mol. The van der Waals surface area contributed by atoms with Gasteiger partial charge in [0.25, 0.3) is 5.91 Å². The molecule has 1 N–H and O–H groups in total. The van der Waals surface area contributed by atoms with Gasteiger partial charge in [0.1, 0.15) is 12.4 Å². The highest BCUT2D eigenvalue weighted by molar-refractivity contribution is 5.91. The lowest BCUT2D eigenvalue weighted by molar-refractivity contribution is -0.119. The molecule has 1 atom stereocenters. The van der Waals surface area contributed by atoms with Crippen molar-refractivity contribution in [2.75, 3.05) is 5.32 Å². The van der Waals surface area contributed by atoms with Crippen molar-refractivity contribution in [2.45, 2.75) is 26.4 Å². The fourth-order valence-corrected chi connectivity index (χ4v) is 2.31. The Kier molecular flexibility index (Phi) is 4.18. The highest BCUT2D eigenvalue weighted by atomic mass is 16.2. The standard InChI is InChI=1S/C16H18N6O/c1-12-8-9-18-22(12)13(2)15(23)19-16-17-11-21(20-16)10-14-6-4-3-5-7-14/h3-9,11,13H,10H2,1-2H3,(H,19,20,23). The quantitative estimate of drug-likeness (QED) is 0.782. The summed E-state index contributed by atoms with van der Waals surface area (Å²) in [6.07, 6.45) is 3.28. The van der Waals surface area contributed by atoms with E-state index < -0.39 is 6.04 Å². The molecule has 7 nitrogen and oxygen atoms in total. The van der Waals surface area contributed by atoms with Gasteiger partial charge in [0.2, 0.25) is 5.95 Å². The van der Waals surface area contributed by atoms with Gasteiger partial charge in [0, 0.05) is 11.9 Å². The van der Waals surface area contributed by atoms with Crippen LogP contribution in [-0.4, -0.2) is 30.5 Å². The summed E-state index contributed by atoms with van der Waals surface area (Å²) < 4.78 is 3.35. The molecule has 3 rings (SSSR count). The number of aryl methyl sites for hydroxylation is 1. The van der Waals surface area contributed by atoms with Crippen molar-refractivity contribution < 1.29 is 4.79 Å². The number of amides is 1. The van der Waals surface area contributed by atoms with E-state index >= 15 is 0 Å². The highest BCUT2D eigenvalue weighted by Gasteiger charge is 2.18. The van der Waals surface area contributed by atoms with Gasteiger partial charge < -0.3 is 0 Å². The highest BCUT2D eigenvalue weighted by Crippen LogP contribution is 2.11. The Hall–Kier alpha value is -2.96. The van der Waals surface area contributed by atoms with Crippen molar-refractivity contribution in [3.05, 3.63) is 60.2 Å². The normalized spacial score (nSPS) is 12.1. The Bertz CT molecular complexity index is 792. The van der Waals surface area contributed by atoms with E-state index in [9.17, 15) is 4.79 Å². The molecule has 0 radical (unpaired) electrons. The van der Waals surface area contributed by atoms with E-state index in [4.69, 9.17) is 0 Å². The molecule has 0 saturated carbocycles. The summed E-state index contributed by atoms with van der Waals surface area (Å²) in [6, 6.07) is 11.4. The minimum absolute atomic E-state index is 0.200. The minimum Gasteiger partial charge on any atom is -0.291 e. The molecule has 0 aliphatic heterocycles. The number of hydrogen-bond donors (Lipinski definition) is 1. The van der Waals surface area contributed by atoms with Crippen LogP contribution in [-0.2, 0) is 11.3 Å². The third-order valence-electron chi connectivity index (χ3n) is 3.57. The van der Waals surface area contributed by atoms with Crippen molar-refractivity contribution in [2.24, 2.45) is 0 Å². The van der Waals surface area contributed by atoms with Gasteiger partial charge in [-0.3, -0.25) is 14.8 Å². The molecule has 0 bridgehead atoms. The summed E-state index contributed by atoms with van der Waals surface area (Å²) in [5.41, 5.74) is 2.05. The lowest BCUT2D eigenvalue weighted by Crippen LogP contribution is -2.25. The predicted octanol–water partition coefficient (Wildman–Crippen LogP) is 2.03. The first-order valence-corrected chi connectivity index (χ1v) is 7.38. The van der Waals surface area contributed by atoms with E-state index in [1.165, 1.54) is 0 Å². The fourth-order valence-electron chi connectivity index (χ4n) is 2.31. The lowest BCUT2D eigenvalue weighted by Gasteiger charge is -2.12. The average molecular weight is 310 g/mol. The molecule has 7 heteroatoms. The van der Waals surface area contributed by atoms with Gasteiger partial charge in [-0.1, -0.05) is 30.3 Å². The van der Waals surface area contributed by atoms with Crippen molar-refractivity contribution in [3.63, 3.8) is 0 Å². The second kappa shape index (κ2) is 6.43. The number of aromatic nitrogens is 5. The van der Waals surface area contributed by atoms with Crippen LogP contribution < -0.4 is 5.32 Å². The maximum absolute atomic E-state index is 12.3. The molecule has 0 saturated heterocycles. The van der Waals surface area contributed by atoms with Crippen molar-refractivity contribution >= 4 is 11.9 Å². The van der Waals surface area contributed by atoms with Crippen LogP contribution in [0.3, 0.4) is 0 Å². The van der Waals surface area contributed by atoms with Crippen molar-refractivity contribution in [1.82, 2.24) is 24.5 Å². The summed E-state index contributed by atoms with van der Waals surface area (Å²) >= 11 is 0. The summed E-state index contributed by atoms with van der Waals surface area (Å²) in [5, 5.41) is 11.1. The van der Waals surface area contributed by atoms with Crippen LogP contribution in [0.25, 0.3) is 0 Å². The average Bonchev–Trinajstić information content (AvgIpc) is 3.16. The zero-order valence-electron chi connectivity index (χ0n) is 13.0. The largest absolute Gasteiger partial charge is 0.291 e. The number of carbonyl (C=O) groups is 1.